The standard InChI is InChI=1S/C18H30N2O6/c1-16(2,3)25-14(22)19-10-11-12(9-13(19)21)24-18(7,8)20(11)15(23)26-17(4,5)6/h11-12H,9-10H2,1-8H3/t11-,12+/m1/s1. The fourth-order valence-electron chi connectivity index (χ4n) is 3.18. The number of rotatable bonds is 0. The van der Waals surface area contributed by atoms with Crippen LogP contribution in [0.5, 0.6) is 0 Å². The molecule has 0 aromatic heterocycles. The molecule has 2 atom stereocenters. The van der Waals surface area contributed by atoms with Gasteiger partial charge < -0.3 is 14.2 Å². The van der Waals surface area contributed by atoms with E-state index in [0.717, 1.165) is 4.90 Å². The summed E-state index contributed by atoms with van der Waals surface area (Å²) in [6, 6.07) is -0.481. The molecule has 8 nitrogen and oxygen atoms in total. The largest absolute Gasteiger partial charge is 0.444 e. The van der Waals surface area contributed by atoms with Crippen molar-refractivity contribution in [3.8, 4) is 0 Å². The van der Waals surface area contributed by atoms with Crippen molar-refractivity contribution in [3.63, 3.8) is 0 Å². The number of piperidine rings is 1. The number of nitrogens with zero attached hydrogens (tertiary/aromatic N) is 2. The first-order valence-electron chi connectivity index (χ1n) is 8.84. The Morgan fingerprint density at radius 1 is 1.04 bits per heavy atom. The molecule has 0 spiro atoms. The Bertz CT molecular complexity index is 602. The minimum Gasteiger partial charge on any atom is -0.444 e. The Balaban J connectivity index is 2.23. The molecular formula is C18H30N2O6. The summed E-state index contributed by atoms with van der Waals surface area (Å²) in [5, 5.41) is 0. The molecule has 3 amide bonds. The van der Waals surface area contributed by atoms with E-state index in [1.165, 1.54) is 4.90 Å². The maximum Gasteiger partial charge on any atom is 0.417 e. The number of ether oxygens (including phenoxy) is 3. The molecule has 148 valence electrons. The van der Waals surface area contributed by atoms with Gasteiger partial charge in [0.1, 0.15) is 16.9 Å². The summed E-state index contributed by atoms with van der Waals surface area (Å²) in [6.45, 7) is 14.1. The Kier molecular flexibility index (Phi) is 5.04. The highest BCUT2D eigenvalue weighted by Crippen LogP contribution is 2.38. The molecule has 0 aromatic rings. The summed E-state index contributed by atoms with van der Waals surface area (Å²) in [6.07, 6.45) is -1.72. The average molecular weight is 370 g/mol. The number of carbonyl (C=O) groups excluding carboxylic acids is 3. The van der Waals surface area contributed by atoms with E-state index in [1.807, 2.05) is 0 Å². The molecule has 0 saturated carbocycles. The van der Waals surface area contributed by atoms with Crippen LogP contribution in [-0.2, 0) is 19.0 Å². The second-order valence-electron chi connectivity index (χ2n) is 9.21. The minimum atomic E-state index is -0.943. The van der Waals surface area contributed by atoms with Gasteiger partial charge in [-0.05, 0) is 55.4 Å². The van der Waals surface area contributed by atoms with Crippen LogP contribution in [0.2, 0.25) is 0 Å². The zero-order valence-corrected chi connectivity index (χ0v) is 16.9. The highest BCUT2D eigenvalue weighted by molar-refractivity contribution is 5.93. The fraction of sp³-hybridized carbons (Fsp3) is 0.833. The molecule has 2 aliphatic heterocycles. The Morgan fingerprint density at radius 2 is 1.54 bits per heavy atom. The van der Waals surface area contributed by atoms with Crippen LogP contribution < -0.4 is 0 Å². The van der Waals surface area contributed by atoms with E-state index < -0.39 is 41.3 Å². The summed E-state index contributed by atoms with van der Waals surface area (Å²) < 4.78 is 16.7. The van der Waals surface area contributed by atoms with Gasteiger partial charge in [0.25, 0.3) is 0 Å². The number of hydrogen-bond donors (Lipinski definition) is 0. The van der Waals surface area contributed by atoms with Crippen LogP contribution in [0.25, 0.3) is 0 Å². The Labute approximate surface area is 154 Å². The molecule has 2 saturated heterocycles. The van der Waals surface area contributed by atoms with E-state index in [0.29, 0.717) is 0 Å². The molecule has 8 heteroatoms. The van der Waals surface area contributed by atoms with Crippen molar-refractivity contribution in [2.45, 2.75) is 90.9 Å². The third-order valence-corrected chi connectivity index (χ3v) is 4.03. The lowest BCUT2D eigenvalue weighted by atomic mass is 10.0. The number of carbonyl (C=O) groups is 3. The molecule has 2 aliphatic rings. The van der Waals surface area contributed by atoms with Gasteiger partial charge in [0, 0.05) is 0 Å². The van der Waals surface area contributed by atoms with E-state index in [1.54, 1.807) is 55.4 Å². The van der Waals surface area contributed by atoms with Crippen molar-refractivity contribution >= 4 is 18.1 Å². The molecular weight excluding hydrogens is 340 g/mol. The van der Waals surface area contributed by atoms with Gasteiger partial charge in [-0.15, -0.1) is 0 Å². The molecule has 0 N–H and O–H groups in total. The van der Waals surface area contributed by atoms with E-state index in [4.69, 9.17) is 14.2 Å². The molecule has 2 rings (SSSR count). The molecule has 2 fully saturated rings. The lowest BCUT2D eigenvalue weighted by Gasteiger charge is -2.38. The number of imide groups is 1. The van der Waals surface area contributed by atoms with Crippen molar-refractivity contribution in [2.24, 2.45) is 0 Å². The van der Waals surface area contributed by atoms with Gasteiger partial charge in [0.05, 0.1) is 25.1 Å². The fourth-order valence-corrected chi connectivity index (χ4v) is 3.18. The highest BCUT2D eigenvalue weighted by Gasteiger charge is 2.55. The van der Waals surface area contributed by atoms with Crippen LogP contribution in [0.1, 0.15) is 61.8 Å². The third-order valence-electron chi connectivity index (χ3n) is 4.03. The molecule has 0 aliphatic carbocycles. The second-order valence-corrected chi connectivity index (χ2v) is 9.21. The van der Waals surface area contributed by atoms with Crippen molar-refractivity contribution in [1.29, 1.82) is 0 Å². The first kappa shape index (κ1) is 20.5. The lowest BCUT2D eigenvalue weighted by molar-refractivity contribution is -0.137. The van der Waals surface area contributed by atoms with Gasteiger partial charge in [0.2, 0.25) is 5.91 Å². The van der Waals surface area contributed by atoms with Crippen molar-refractivity contribution in [1.82, 2.24) is 9.80 Å². The Hall–Kier alpha value is -1.83. The van der Waals surface area contributed by atoms with Gasteiger partial charge in [-0.25, -0.2) is 14.5 Å². The van der Waals surface area contributed by atoms with Gasteiger partial charge >= 0.3 is 12.2 Å². The molecule has 0 unspecified atom stereocenters. The predicted molar refractivity (Wildman–Crippen MR) is 93.4 cm³/mol. The smallest absolute Gasteiger partial charge is 0.417 e. The van der Waals surface area contributed by atoms with Crippen LogP contribution >= 0.6 is 0 Å². The molecule has 26 heavy (non-hydrogen) atoms. The van der Waals surface area contributed by atoms with Crippen molar-refractivity contribution in [2.75, 3.05) is 6.54 Å². The third kappa shape index (κ3) is 4.47. The topological polar surface area (TPSA) is 85.4 Å². The molecule has 0 bridgehead atoms. The van der Waals surface area contributed by atoms with Gasteiger partial charge in [-0.2, -0.15) is 0 Å². The summed E-state index contributed by atoms with van der Waals surface area (Å²) >= 11 is 0. The average Bonchev–Trinajstić information content (AvgIpc) is 2.62. The number of likely N-dealkylation sites (tertiary alicyclic amines) is 1. The highest BCUT2D eigenvalue weighted by atomic mass is 16.6. The van der Waals surface area contributed by atoms with Crippen LogP contribution in [0.4, 0.5) is 9.59 Å². The van der Waals surface area contributed by atoms with E-state index in [-0.39, 0.29) is 18.9 Å². The van der Waals surface area contributed by atoms with Gasteiger partial charge in [-0.1, -0.05) is 0 Å². The van der Waals surface area contributed by atoms with Gasteiger partial charge in [-0.3, -0.25) is 9.69 Å². The van der Waals surface area contributed by atoms with Crippen LogP contribution in [0.3, 0.4) is 0 Å². The second kappa shape index (κ2) is 6.40. The zero-order valence-electron chi connectivity index (χ0n) is 16.9. The van der Waals surface area contributed by atoms with Gasteiger partial charge in [0.15, 0.2) is 0 Å². The first-order valence-corrected chi connectivity index (χ1v) is 8.84. The van der Waals surface area contributed by atoms with Crippen LogP contribution in [0.15, 0.2) is 0 Å². The Morgan fingerprint density at radius 3 is 2.04 bits per heavy atom. The lowest BCUT2D eigenvalue weighted by Crippen LogP contribution is -2.58. The predicted octanol–water partition coefficient (Wildman–Crippen LogP) is 2.89. The number of fused-ring (bicyclic) bond motifs is 1. The minimum absolute atomic E-state index is 0.00658. The van der Waals surface area contributed by atoms with E-state index in [9.17, 15) is 14.4 Å². The van der Waals surface area contributed by atoms with Crippen LogP contribution in [-0.4, -0.2) is 63.5 Å². The summed E-state index contributed by atoms with van der Waals surface area (Å²) in [5.74, 6) is -0.373. The van der Waals surface area contributed by atoms with Crippen LogP contribution in [0, 0.1) is 0 Å². The summed E-state index contributed by atoms with van der Waals surface area (Å²) in [5.41, 5.74) is -2.33. The quantitative estimate of drug-likeness (QED) is 0.652. The van der Waals surface area contributed by atoms with E-state index >= 15 is 0 Å². The van der Waals surface area contributed by atoms with E-state index in [2.05, 4.69) is 0 Å². The van der Waals surface area contributed by atoms with Crippen molar-refractivity contribution in [3.05, 3.63) is 0 Å². The van der Waals surface area contributed by atoms with Crippen molar-refractivity contribution < 1.29 is 28.6 Å². The zero-order chi connectivity index (χ0) is 20.1. The summed E-state index contributed by atoms with van der Waals surface area (Å²) in [4.78, 5) is 40.0. The summed E-state index contributed by atoms with van der Waals surface area (Å²) in [7, 11) is 0. The number of hydrogen-bond acceptors (Lipinski definition) is 6. The normalized spacial score (nSPS) is 25.8. The maximum absolute atomic E-state index is 12.7. The molecule has 0 aromatic carbocycles. The SMILES string of the molecule is CC(C)(C)OC(=O)N1C[C@@H]2[C@H](CC1=O)OC(C)(C)N2C(=O)OC(C)(C)C. The number of amides is 3. The molecule has 0 radical (unpaired) electrons. The molecule has 2 heterocycles. The maximum atomic E-state index is 12.7. The monoisotopic (exact) mass is 370 g/mol. The first-order chi connectivity index (χ1) is 11.6.